The molecule has 28 heavy (non-hydrogen) atoms. The van der Waals surface area contributed by atoms with Crippen LogP contribution in [0.1, 0.15) is 48.8 Å². The lowest BCUT2D eigenvalue weighted by molar-refractivity contribution is 0.175. The molecule has 0 saturated heterocycles. The third-order valence-corrected chi connectivity index (χ3v) is 5.74. The minimum absolute atomic E-state index is 0.0699. The summed E-state index contributed by atoms with van der Waals surface area (Å²) >= 11 is 3.59. The van der Waals surface area contributed by atoms with E-state index in [2.05, 4.69) is 45.0 Å². The molecule has 0 spiro atoms. The zero-order valence-corrected chi connectivity index (χ0v) is 18.5. The largest absolute Gasteiger partial charge is 0.473 e. The molecule has 2 aromatic rings. The van der Waals surface area contributed by atoms with E-state index in [-0.39, 0.29) is 6.10 Å². The predicted molar refractivity (Wildman–Crippen MR) is 117 cm³/mol. The van der Waals surface area contributed by atoms with Crippen LogP contribution >= 0.6 is 15.9 Å². The number of hydrogen-bond acceptors (Lipinski definition) is 4. The average Bonchev–Trinajstić information content (AvgIpc) is 2.68. The minimum atomic E-state index is -0.454. The van der Waals surface area contributed by atoms with Crippen LogP contribution in [0, 0.1) is 6.92 Å². The van der Waals surface area contributed by atoms with Crippen molar-refractivity contribution >= 4 is 28.0 Å². The Bertz CT molecular complexity index is 867. The molecule has 1 heterocycles. The van der Waals surface area contributed by atoms with E-state index in [0.717, 1.165) is 47.2 Å². The third kappa shape index (κ3) is 4.92. The molecule has 0 bridgehead atoms. The number of ether oxygens (including phenoxy) is 1. The molecule has 2 unspecified atom stereocenters. The first-order valence-corrected chi connectivity index (χ1v) is 10.5. The monoisotopic (exact) mass is 445 g/mol. The quantitative estimate of drug-likeness (QED) is 0.514. The summed E-state index contributed by atoms with van der Waals surface area (Å²) in [4.78, 5) is 11.2. The lowest BCUT2D eigenvalue weighted by atomic mass is 9.88. The Morgan fingerprint density at radius 1 is 1.39 bits per heavy atom. The number of benzene rings is 1. The summed E-state index contributed by atoms with van der Waals surface area (Å²) in [7, 11) is 1.99. The highest BCUT2D eigenvalue weighted by molar-refractivity contribution is 9.10. The van der Waals surface area contributed by atoms with Gasteiger partial charge in [0.2, 0.25) is 5.88 Å². The van der Waals surface area contributed by atoms with Gasteiger partial charge in [-0.15, -0.1) is 0 Å². The first-order valence-electron chi connectivity index (χ1n) is 9.75. The molecular weight excluding hydrogens is 418 g/mol. The highest BCUT2D eigenvalue weighted by atomic mass is 79.9. The van der Waals surface area contributed by atoms with Gasteiger partial charge in [0.05, 0.1) is 28.3 Å². The first-order chi connectivity index (χ1) is 13.4. The fraction of sp³-hybridized carbons (Fsp3) is 0.455. The fourth-order valence-corrected chi connectivity index (χ4v) is 3.67. The number of pyridine rings is 1. The van der Waals surface area contributed by atoms with Crippen LogP contribution in [-0.4, -0.2) is 41.0 Å². The van der Waals surface area contributed by atoms with Crippen LogP contribution in [0.3, 0.4) is 0 Å². The lowest BCUT2D eigenvalue weighted by Gasteiger charge is -2.26. The normalized spacial score (nSPS) is 17.4. The maximum Gasteiger partial charge on any atom is 0.228 e. The highest BCUT2D eigenvalue weighted by Gasteiger charge is 2.22. The van der Waals surface area contributed by atoms with Gasteiger partial charge in [-0.3, -0.25) is 0 Å². The van der Waals surface area contributed by atoms with Gasteiger partial charge in [0.1, 0.15) is 6.10 Å². The van der Waals surface area contributed by atoms with Crippen LogP contribution in [0.15, 0.2) is 33.7 Å². The van der Waals surface area contributed by atoms with E-state index in [1.54, 1.807) is 6.92 Å². The van der Waals surface area contributed by atoms with Gasteiger partial charge in [0.25, 0.3) is 0 Å². The van der Waals surface area contributed by atoms with E-state index in [9.17, 15) is 5.11 Å². The molecule has 0 fully saturated rings. The lowest BCUT2D eigenvalue weighted by Crippen LogP contribution is -2.26. The molecule has 6 heteroatoms. The number of rotatable bonds is 6. The summed E-state index contributed by atoms with van der Waals surface area (Å²) in [5.41, 5.74) is 5.22. The summed E-state index contributed by atoms with van der Waals surface area (Å²) < 4.78 is 7.06. The number of fused-ring (bicyclic) bond motifs is 1. The molecule has 0 amide bonds. The van der Waals surface area contributed by atoms with Crippen molar-refractivity contribution in [3.63, 3.8) is 0 Å². The van der Waals surface area contributed by atoms with Gasteiger partial charge in [-0.05, 0) is 72.3 Å². The van der Waals surface area contributed by atoms with Gasteiger partial charge in [-0.1, -0.05) is 18.2 Å². The minimum Gasteiger partial charge on any atom is -0.473 e. The van der Waals surface area contributed by atoms with E-state index in [1.807, 2.05) is 37.3 Å². The van der Waals surface area contributed by atoms with Gasteiger partial charge in [-0.25, -0.2) is 9.98 Å². The Morgan fingerprint density at radius 3 is 2.89 bits per heavy atom. The Balaban J connectivity index is 1.75. The SMILES string of the molecule is CCN(C)/C=N/c1cc(Br)c(OC2CCc3ccc(C(C)O)cc3C2)nc1C. The molecule has 1 aromatic heterocycles. The van der Waals surface area contributed by atoms with E-state index >= 15 is 0 Å². The molecule has 1 aliphatic rings. The van der Waals surface area contributed by atoms with Crippen molar-refractivity contribution in [3.8, 4) is 5.88 Å². The number of aliphatic hydroxyl groups excluding tert-OH is 1. The van der Waals surface area contributed by atoms with Gasteiger partial charge in [0, 0.05) is 20.0 Å². The molecule has 1 aliphatic carbocycles. The van der Waals surface area contributed by atoms with Crippen LogP contribution in [-0.2, 0) is 12.8 Å². The maximum absolute atomic E-state index is 9.85. The molecule has 2 atom stereocenters. The van der Waals surface area contributed by atoms with E-state index < -0.39 is 6.10 Å². The number of halogens is 1. The number of aliphatic hydroxyl groups is 1. The van der Waals surface area contributed by atoms with Crippen molar-refractivity contribution in [2.45, 2.75) is 52.2 Å². The molecule has 150 valence electrons. The Morgan fingerprint density at radius 2 is 2.18 bits per heavy atom. The molecule has 1 N–H and O–H groups in total. The number of aryl methyl sites for hydroxylation is 2. The Hall–Kier alpha value is -1.92. The number of aliphatic imine (C=N–C) groups is 1. The topological polar surface area (TPSA) is 58.0 Å². The van der Waals surface area contributed by atoms with Crippen molar-refractivity contribution in [2.75, 3.05) is 13.6 Å². The second-order valence-electron chi connectivity index (χ2n) is 7.38. The molecule has 3 rings (SSSR count). The standard InChI is InChI=1S/C22H28BrN3O2/c1-5-26(4)13-24-21-12-20(23)22(25-14(21)2)28-19-9-8-16-6-7-17(15(3)27)10-18(16)11-19/h6-7,10,12-13,15,19,27H,5,8-9,11H2,1-4H3/b24-13+. The molecule has 0 saturated carbocycles. The van der Waals surface area contributed by atoms with Crippen molar-refractivity contribution in [3.05, 3.63) is 51.1 Å². The Labute approximate surface area is 175 Å². The zero-order valence-electron chi connectivity index (χ0n) is 16.9. The Kier molecular flexibility index (Phi) is 6.73. The predicted octanol–water partition coefficient (Wildman–Crippen LogP) is 4.75. The van der Waals surface area contributed by atoms with Gasteiger partial charge in [-0.2, -0.15) is 0 Å². The molecular formula is C22H28BrN3O2. The highest BCUT2D eigenvalue weighted by Crippen LogP contribution is 2.33. The van der Waals surface area contributed by atoms with Gasteiger partial charge < -0.3 is 14.7 Å². The second kappa shape index (κ2) is 9.05. The van der Waals surface area contributed by atoms with E-state index in [4.69, 9.17) is 4.74 Å². The van der Waals surface area contributed by atoms with Crippen LogP contribution in [0.25, 0.3) is 0 Å². The number of aromatic nitrogens is 1. The maximum atomic E-state index is 9.85. The van der Waals surface area contributed by atoms with Crippen molar-refractivity contribution in [1.29, 1.82) is 0 Å². The summed E-state index contributed by atoms with van der Waals surface area (Å²) in [5, 5.41) is 9.85. The van der Waals surface area contributed by atoms with Crippen LogP contribution in [0.4, 0.5) is 5.69 Å². The summed E-state index contributed by atoms with van der Waals surface area (Å²) in [5.74, 6) is 0.612. The molecule has 5 nitrogen and oxygen atoms in total. The number of nitrogens with zero attached hydrogens (tertiary/aromatic N) is 3. The summed E-state index contributed by atoms with van der Waals surface area (Å²) in [6.07, 6.45) is 4.18. The van der Waals surface area contributed by atoms with Crippen molar-refractivity contribution in [2.24, 2.45) is 4.99 Å². The molecule has 0 radical (unpaired) electrons. The summed E-state index contributed by atoms with van der Waals surface area (Å²) in [6.45, 7) is 6.72. The zero-order chi connectivity index (χ0) is 20.3. The van der Waals surface area contributed by atoms with Gasteiger partial charge >= 0.3 is 0 Å². The van der Waals surface area contributed by atoms with E-state index in [0.29, 0.717) is 5.88 Å². The smallest absolute Gasteiger partial charge is 0.228 e. The van der Waals surface area contributed by atoms with E-state index in [1.165, 1.54) is 11.1 Å². The van der Waals surface area contributed by atoms with Crippen LogP contribution < -0.4 is 4.74 Å². The average molecular weight is 446 g/mol. The van der Waals surface area contributed by atoms with Crippen molar-refractivity contribution in [1.82, 2.24) is 9.88 Å². The van der Waals surface area contributed by atoms with Gasteiger partial charge in [0.15, 0.2) is 0 Å². The molecule has 1 aromatic carbocycles. The first kappa shape index (κ1) is 20.8. The van der Waals surface area contributed by atoms with Crippen LogP contribution in [0.2, 0.25) is 0 Å². The molecule has 0 aliphatic heterocycles. The van der Waals surface area contributed by atoms with Crippen LogP contribution in [0.5, 0.6) is 5.88 Å². The summed E-state index contributed by atoms with van der Waals surface area (Å²) in [6, 6.07) is 8.21. The third-order valence-electron chi connectivity index (χ3n) is 5.17. The fourth-order valence-electron chi connectivity index (χ4n) is 3.27. The van der Waals surface area contributed by atoms with Crippen molar-refractivity contribution < 1.29 is 9.84 Å². The second-order valence-corrected chi connectivity index (χ2v) is 8.24. The number of hydrogen-bond donors (Lipinski definition) is 1.